The molecule has 3 N–H and O–H groups in total. The molecule has 0 bridgehead atoms. The van der Waals surface area contributed by atoms with Gasteiger partial charge < -0.3 is 15.8 Å². The Hall–Kier alpha value is -0.820. The number of esters is 1. The molecule has 0 saturated carbocycles. The molecule has 5 heteroatoms. The number of anilines is 1. The van der Waals surface area contributed by atoms with Gasteiger partial charge in [-0.15, -0.1) is 0 Å². The molecule has 0 heterocycles. The number of nitrogens with one attached hydrogen (secondary N) is 1. The lowest BCUT2D eigenvalue weighted by Crippen LogP contribution is -2.25. The zero-order valence-corrected chi connectivity index (χ0v) is 12.2. The summed E-state index contributed by atoms with van der Waals surface area (Å²) in [7, 11) is 0. The third-order valence-electron chi connectivity index (χ3n) is 2.45. The monoisotopic (exact) mass is 348 g/mol. The van der Waals surface area contributed by atoms with Gasteiger partial charge in [-0.2, -0.15) is 0 Å². The van der Waals surface area contributed by atoms with Gasteiger partial charge in [-0.05, 0) is 59.7 Å². The molecule has 0 unspecified atom stereocenters. The van der Waals surface area contributed by atoms with Gasteiger partial charge in [-0.3, -0.25) is 4.79 Å². The van der Waals surface area contributed by atoms with Crippen LogP contribution in [0.1, 0.15) is 18.1 Å². The molecular weight excluding hydrogens is 331 g/mol. The Labute approximate surface area is 115 Å². The summed E-state index contributed by atoms with van der Waals surface area (Å²) in [5.41, 5.74) is 8.85. The van der Waals surface area contributed by atoms with E-state index in [0.29, 0.717) is 13.2 Å². The molecule has 0 fully saturated rings. The van der Waals surface area contributed by atoms with Gasteiger partial charge in [0.2, 0.25) is 0 Å². The Bertz CT molecular complexity index is 408. The van der Waals surface area contributed by atoms with Crippen molar-refractivity contribution in [3.63, 3.8) is 0 Å². The van der Waals surface area contributed by atoms with Crippen molar-refractivity contribution in [2.45, 2.75) is 20.4 Å². The van der Waals surface area contributed by atoms with E-state index in [4.69, 9.17) is 10.5 Å². The number of rotatable bonds is 5. The summed E-state index contributed by atoms with van der Waals surface area (Å²) >= 11 is 2.27. The number of nitrogens with two attached hydrogens (primary N) is 1. The molecule has 0 aliphatic heterocycles. The van der Waals surface area contributed by atoms with E-state index in [1.54, 1.807) is 6.92 Å². The van der Waals surface area contributed by atoms with Crippen molar-refractivity contribution in [3.05, 3.63) is 26.8 Å². The number of hydrogen-bond acceptors (Lipinski definition) is 4. The van der Waals surface area contributed by atoms with Crippen molar-refractivity contribution in [3.8, 4) is 0 Å². The topological polar surface area (TPSA) is 64.3 Å². The van der Waals surface area contributed by atoms with Crippen molar-refractivity contribution < 1.29 is 9.53 Å². The van der Waals surface area contributed by atoms with Crippen LogP contribution in [-0.2, 0) is 16.1 Å². The third kappa shape index (κ3) is 4.16. The molecular formula is C12H17IN2O2. The average molecular weight is 348 g/mol. The molecule has 0 saturated heterocycles. The number of benzene rings is 1. The normalized spacial score (nSPS) is 10.3. The Morgan fingerprint density at radius 3 is 2.88 bits per heavy atom. The summed E-state index contributed by atoms with van der Waals surface area (Å²) in [5.74, 6) is -0.241. The molecule has 0 spiro atoms. The van der Waals surface area contributed by atoms with Crippen LogP contribution in [0, 0.1) is 10.5 Å². The molecule has 4 nitrogen and oxygen atoms in total. The highest BCUT2D eigenvalue weighted by Crippen LogP contribution is 2.21. The number of halogens is 1. The summed E-state index contributed by atoms with van der Waals surface area (Å²) < 4.78 is 6.00. The number of carbonyl (C=O) groups excluding carboxylic acids is 1. The third-order valence-corrected chi connectivity index (χ3v) is 3.61. The highest BCUT2D eigenvalue weighted by Gasteiger charge is 2.07. The Kier molecular flexibility index (Phi) is 5.70. The van der Waals surface area contributed by atoms with Gasteiger partial charge in [0.05, 0.1) is 13.2 Å². The van der Waals surface area contributed by atoms with Crippen LogP contribution < -0.4 is 11.1 Å². The predicted octanol–water partition coefficient (Wildman–Crippen LogP) is 1.83. The van der Waals surface area contributed by atoms with Gasteiger partial charge in [0.1, 0.15) is 0 Å². The minimum absolute atomic E-state index is 0.207. The standard InChI is InChI=1S/C12H17IN2O2/c1-3-17-12(16)7-15-6-9-8(2)10(13)4-5-11(9)14/h4-5,15H,3,6-7,14H2,1-2H3. The molecule has 1 aromatic carbocycles. The SMILES string of the molecule is CCOC(=O)CNCc1c(N)ccc(I)c1C. The van der Waals surface area contributed by atoms with E-state index in [1.165, 1.54) is 3.57 Å². The molecule has 0 atom stereocenters. The molecule has 0 aliphatic rings. The van der Waals surface area contributed by atoms with Crippen LogP contribution in [0.2, 0.25) is 0 Å². The minimum atomic E-state index is -0.241. The lowest BCUT2D eigenvalue weighted by Gasteiger charge is -2.12. The first-order valence-electron chi connectivity index (χ1n) is 5.46. The fourth-order valence-corrected chi connectivity index (χ4v) is 1.99. The van der Waals surface area contributed by atoms with Crippen molar-refractivity contribution >= 4 is 34.2 Å². The Balaban J connectivity index is 2.58. The second-order valence-electron chi connectivity index (χ2n) is 3.65. The Morgan fingerprint density at radius 1 is 1.53 bits per heavy atom. The van der Waals surface area contributed by atoms with Crippen molar-refractivity contribution in [2.24, 2.45) is 0 Å². The first-order chi connectivity index (χ1) is 8.06. The molecule has 17 heavy (non-hydrogen) atoms. The van der Waals surface area contributed by atoms with Gasteiger partial charge in [-0.1, -0.05) is 0 Å². The lowest BCUT2D eigenvalue weighted by atomic mass is 10.1. The lowest BCUT2D eigenvalue weighted by molar-refractivity contribution is -0.142. The second-order valence-corrected chi connectivity index (χ2v) is 4.81. The van der Waals surface area contributed by atoms with Crippen LogP contribution in [0.4, 0.5) is 5.69 Å². The van der Waals surface area contributed by atoms with Crippen LogP contribution >= 0.6 is 22.6 Å². The van der Waals surface area contributed by atoms with Crippen LogP contribution in [0.5, 0.6) is 0 Å². The van der Waals surface area contributed by atoms with E-state index in [9.17, 15) is 4.79 Å². The summed E-state index contributed by atoms with van der Waals surface area (Å²) in [6.45, 7) is 5.01. The van der Waals surface area contributed by atoms with Crippen molar-refractivity contribution in [1.29, 1.82) is 0 Å². The molecule has 94 valence electrons. The minimum Gasteiger partial charge on any atom is -0.465 e. The van der Waals surface area contributed by atoms with Gasteiger partial charge in [0.15, 0.2) is 0 Å². The van der Waals surface area contributed by atoms with Crippen molar-refractivity contribution in [2.75, 3.05) is 18.9 Å². The molecule has 1 rings (SSSR count). The van der Waals surface area contributed by atoms with Crippen LogP contribution in [0.25, 0.3) is 0 Å². The Morgan fingerprint density at radius 2 is 2.24 bits per heavy atom. The van der Waals surface area contributed by atoms with Gasteiger partial charge >= 0.3 is 5.97 Å². The highest BCUT2D eigenvalue weighted by molar-refractivity contribution is 14.1. The fraction of sp³-hybridized carbons (Fsp3) is 0.417. The molecule has 0 aromatic heterocycles. The fourth-order valence-electron chi connectivity index (χ4n) is 1.49. The van der Waals surface area contributed by atoms with Gasteiger partial charge in [0.25, 0.3) is 0 Å². The molecule has 1 aromatic rings. The maximum absolute atomic E-state index is 11.2. The van der Waals surface area contributed by atoms with E-state index in [0.717, 1.165) is 16.8 Å². The van der Waals surface area contributed by atoms with E-state index in [1.807, 2.05) is 19.1 Å². The summed E-state index contributed by atoms with van der Waals surface area (Å²) in [6, 6.07) is 3.87. The number of ether oxygens (including phenoxy) is 1. The van der Waals surface area contributed by atoms with E-state index in [-0.39, 0.29) is 12.5 Å². The number of hydrogen-bond donors (Lipinski definition) is 2. The summed E-state index contributed by atoms with van der Waals surface area (Å²) in [5, 5.41) is 3.04. The smallest absolute Gasteiger partial charge is 0.319 e. The van der Waals surface area contributed by atoms with Crippen LogP contribution in [0.3, 0.4) is 0 Å². The maximum Gasteiger partial charge on any atom is 0.319 e. The highest BCUT2D eigenvalue weighted by atomic mass is 127. The molecule has 0 radical (unpaired) electrons. The first-order valence-corrected chi connectivity index (χ1v) is 6.54. The average Bonchev–Trinajstić information content (AvgIpc) is 2.29. The van der Waals surface area contributed by atoms with E-state index >= 15 is 0 Å². The van der Waals surface area contributed by atoms with Crippen molar-refractivity contribution in [1.82, 2.24) is 5.32 Å². The molecule has 0 aliphatic carbocycles. The summed E-state index contributed by atoms with van der Waals surface area (Å²) in [4.78, 5) is 11.2. The number of carbonyl (C=O) groups is 1. The zero-order valence-electron chi connectivity index (χ0n) is 10.0. The predicted molar refractivity (Wildman–Crippen MR) is 76.6 cm³/mol. The van der Waals surface area contributed by atoms with E-state index < -0.39 is 0 Å². The maximum atomic E-state index is 11.2. The first kappa shape index (κ1) is 14.2. The number of nitrogen functional groups attached to an aromatic ring is 1. The summed E-state index contributed by atoms with van der Waals surface area (Å²) in [6.07, 6.45) is 0. The van der Waals surface area contributed by atoms with Gasteiger partial charge in [0, 0.05) is 15.8 Å². The second kappa shape index (κ2) is 6.80. The molecule has 0 amide bonds. The van der Waals surface area contributed by atoms with Crippen LogP contribution in [0.15, 0.2) is 12.1 Å². The zero-order chi connectivity index (χ0) is 12.8. The largest absolute Gasteiger partial charge is 0.465 e. The van der Waals surface area contributed by atoms with Gasteiger partial charge in [-0.25, -0.2) is 0 Å². The quantitative estimate of drug-likeness (QED) is 0.484. The van der Waals surface area contributed by atoms with Crippen LogP contribution in [-0.4, -0.2) is 19.1 Å². The van der Waals surface area contributed by atoms with E-state index in [2.05, 4.69) is 27.9 Å².